The number of anilines is 2. The highest BCUT2D eigenvalue weighted by Crippen LogP contribution is 2.28. The summed E-state index contributed by atoms with van der Waals surface area (Å²) in [4.78, 5) is 0.0458. The minimum Gasteiger partial charge on any atom is -0.508 e. The van der Waals surface area contributed by atoms with Crippen LogP contribution in [-0.2, 0) is 10.0 Å². The van der Waals surface area contributed by atoms with Gasteiger partial charge >= 0.3 is 0 Å². The second kappa shape index (κ2) is 5.46. The van der Waals surface area contributed by atoms with Gasteiger partial charge in [-0.05, 0) is 43.2 Å². The first-order valence-corrected chi connectivity index (χ1v) is 7.95. The molecule has 0 aliphatic carbocycles. The predicted molar refractivity (Wildman–Crippen MR) is 84.3 cm³/mol. The molecular formula is C14H15ClN2O3S. The maximum Gasteiger partial charge on any atom is 0.262 e. The van der Waals surface area contributed by atoms with Gasteiger partial charge in [0.1, 0.15) is 5.75 Å². The number of phenolic OH excluding ortho intramolecular Hbond substituents is 1. The number of hydrogen-bond donors (Lipinski definition) is 3. The topological polar surface area (TPSA) is 92.4 Å². The maximum absolute atomic E-state index is 12.4. The summed E-state index contributed by atoms with van der Waals surface area (Å²) >= 11 is 5.86. The second-order valence-corrected chi connectivity index (χ2v) is 6.80. The van der Waals surface area contributed by atoms with Crippen LogP contribution in [0.4, 0.5) is 11.4 Å². The summed E-state index contributed by atoms with van der Waals surface area (Å²) in [5, 5.41) is 9.94. The van der Waals surface area contributed by atoms with E-state index in [-0.39, 0.29) is 22.0 Å². The van der Waals surface area contributed by atoms with E-state index < -0.39 is 10.0 Å². The van der Waals surface area contributed by atoms with Crippen LogP contribution in [0.1, 0.15) is 11.1 Å². The fraction of sp³-hybridized carbons (Fsp3) is 0.143. The van der Waals surface area contributed by atoms with Crippen LogP contribution in [0.2, 0.25) is 5.02 Å². The molecule has 2 aromatic rings. The van der Waals surface area contributed by atoms with E-state index in [0.29, 0.717) is 16.1 Å². The minimum atomic E-state index is -3.81. The van der Waals surface area contributed by atoms with Crippen molar-refractivity contribution in [2.24, 2.45) is 0 Å². The Morgan fingerprint density at radius 1 is 1.14 bits per heavy atom. The number of aromatic hydroxyl groups is 1. The molecule has 4 N–H and O–H groups in total. The lowest BCUT2D eigenvalue weighted by Gasteiger charge is -2.12. The monoisotopic (exact) mass is 326 g/mol. The zero-order chi connectivity index (χ0) is 15.8. The second-order valence-electron chi connectivity index (χ2n) is 4.75. The molecule has 0 unspecified atom stereocenters. The molecule has 0 atom stereocenters. The number of hydrogen-bond acceptors (Lipinski definition) is 4. The molecule has 112 valence electrons. The molecule has 21 heavy (non-hydrogen) atoms. The highest BCUT2D eigenvalue weighted by molar-refractivity contribution is 7.92. The summed E-state index contributed by atoms with van der Waals surface area (Å²) in [6, 6.07) is 7.35. The van der Waals surface area contributed by atoms with Gasteiger partial charge in [0.05, 0.1) is 21.3 Å². The van der Waals surface area contributed by atoms with Crippen LogP contribution in [0.25, 0.3) is 0 Å². The number of nitrogen functional groups attached to an aromatic ring is 1. The molecule has 0 saturated carbocycles. The average molecular weight is 327 g/mol. The Morgan fingerprint density at radius 2 is 1.81 bits per heavy atom. The summed E-state index contributed by atoms with van der Waals surface area (Å²) in [5.41, 5.74) is 7.26. The van der Waals surface area contributed by atoms with Crippen molar-refractivity contribution in [2.75, 3.05) is 10.5 Å². The van der Waals surface area contributed by atoms with E-state index in [1.165, 1.54) is 18.2 Å². The van der Waals surface area contributed by atoms with Gasteiger partial charge in [-0.2, -0.15) is 0 Å². The molecule has 0 aliphatic rings. The van der Waals surface area contributed by atoms with Crippen LogP contribution in [0, 0.1) is 13.8 Å². The van der Waals surface area contributed by atoms with Crippen molar-refractivity contribution in [2.45, 2.75) is 18.7 Å². The Kier molecular flexibility index (Phi) is 4.02. The number of halogens is 1. The third-order valence-corrected chi connectivity index (χ3v) is 4.90. The van der Waals surface area contributed by atoms with Crippen molar-refractivity contribution < 1.29 is 13.5 Å². The SMILES string of the molecule is Cc1ccc(NS(=O)(=O)c2cc(N)c(Cl)cc2C)cc1O. The summed E-state index contributed by atoms with van der Waals surface area (Å²) in [5.74, 6) is 0.0162. The standard InChI is InChI=1S/C14H15ClN2O3S/c1-8-3-4-10(6-13(8)18)17-21(19,20)14-7-12(16)11(15)5-9(14)2/h3-7,17-18H,16H2,1-2H3. The lowest BCUT2D eigenvalue weighted by molar-refractivity contribution is 0.471. The Bertz CT molecular complexity index is 804. The van der Waals surface area contributed by atoms with Crippen molar-refractivity contribution in [1.82, 2.24) is 0 Å². The zero-order valence-corrected chi connectivity index (χ0v) is 13.1. The third-order valence-electron chi connectivity index (χ3n) is 3.05. The molecule has 2 aromatic carbocycles. The van der Waals surface area contributed by atoms with E-state index in [1.807, 2.05) is 0 Å². The number of nitrogens with one attached hydrogen (secondary N) is 1. The van der Waals surface area contributed by atoms with E-state index in [2.05, 4.69) is 4.72 Å². The first-order chi connectivity index (χ1) is 9.70. The predicted octanol–water partition coefficient (Wildman–Crippen LogP) is 3.05. The van der Waals surface area contributed by atoms with Gasteiger partial charge in [0.2, 0.25) is 0 Å². The van der Waals surface area contributed by atoms with E-state index >= 15 is 0 Å². The highest BCUT2D eigenvalue weighted by Gasteiger charge is 2.19. The third kappa shape index (κ3) is 3.22. The quantitative estimate of drug-likeness (QED) is 0.756. The Morgan fingerprint density at radius 3 is 2.43 bits per heavy atom. The molecule has 5 nitrogen and oxygen atoms in total. The molecule has 7 heteroatoms. The van der Waals surface area contributed by atoms with E-state index in [9.17, 15) is 13.5 Å². The van der Waals surface area contributed by atoms with Gasteiger partial charge in [-0.1, -0.05) is 17.7 Å². The van der Waals surface area contributed by atoms with E-state index in [0.717, 1.165) is 0 Å². The first kappa shape index (κ1) is 15.5. The molecule has 0 fully saturated rings. The fourth-order valence-electron chi connectivity index (χ4n) is 1.84. The van der Waals surface area contributed by atoms with Crippen molar-refractivity contribution in [1.29, 1.82) is 0 Å². The molecule has 0 radical (unpaired) electrons. The zero-order valence-electron chi connectivity index (χ0n) is 11.5. The van der Waals surface area contributed by atoms with Crippen LogP contribution in [0.5, 0.6) is 5.75 Å². The summed E-state index contributed by atoms with van der Waals surface area (Å²) in [6.45, 7) is 3.35. The summed E-state index contributed by atoms with van der Waals surface area (Å²) in [7, 11) is -3.81. The Labute approximate surface area is 128 Å². The number of rotatable bonds is 3. The molecular weight excluding hydrogens is 312 g/mol. The maximum atomic E-state index is 12.4. The fourth-order valence-corrected chi connectivity index (χ4v) is 3.37. The van der Waals surface area contributed by atoms with Gasteiger partial charge in [-0.3, -0.25) is 4.72 Å². The van der Waals surface area contributed by atoms with Crippen LogP contribution < -0.4 is 10.5 Å². The number of aryl methyl sites for hydroxylation is 2. The van der Waals surface area contributed by atoms with E-state index in [1.54, 1.807) is 26.0 Å². The van der Waals surface area contributed by atoms with Crippen molar-refractivity contribution in [3.8, 4) is 5.75 Å². The van der Waals surface area contributed by atoms with Crippen molar-refractivity contribution in [3.05, 3.63) is 46.5 Å². The number of sulfonamides is 1. The van der Waals surface area contributed by atoms with Gasteiger partial charge in [0.25, 0.3) is 10.0 Å². The molecule has 0 aliphatic heterocycles. The minimum absolute atomic E-state index is 0.0162. The van der Waals surface area contributed by atoms with Gasteiger partial charge < -0.3 is 10.8 Å². The van der Waals surface area contributed by atoms with Crippen LogP contribution in [0.15, 0.2) is 35.2 Å². The molecule has 0 spiro atoms. The number of phenols is 1. The highest BCUT2D eigenvalue weighted by atomic mass is 35.5. The average Bonchev–Trinajstić information content (AvgIpc) is 2.37. The lowest BCUT2D eigenvalue weighted by atomic mass is 10.2. The molecule has 0 saturated heterocycles. The van der Waals surface area contributed by atoms with Crippen LogP contribution in [-0.4, -0.2) is 13.5 Å². The van der Waals surface area contributed by atoms with Gasteiger partial charge in [-0.15, -0.1) is 0 Å². The van der Waals surface area contributed by atoms with Crippen molar-refractivity contribution >= 4 is 33.0 Å². The lowest BCUT2D eigenvalue weighted by Crippen LogP contribution is -2.14. The van der Waals surface area contributed by atoms with Gasteiger partial charge in [-0.25, -0.2) is 8.42 Å². The van der Waals surface area contributed by atoms with Crippen LogP contribution in [0.3, 0.4) is 0 Å². The van der Waals surface area contributed by atoms with Gasteiger partial charge in [0.15, 0.2) is 0 Å². The number of benzene rings is 2. The number of nitrogens with two attached hydrogens (primary N) is 1. The molecule has 0 aromatic heterocycles. The summed E-state index contributed by atoms with van der Waals surface area (Å²) < 4.78 is 27.2. The largest absolute Gasteiger partial charge is 0.508 e. The Balaban J connectivity index is 2.43. The normalized spacial score (nSPS) is 11.4. The van der Waals surface area contributed by atoms with Gasteiger partial charge in [0, 0.05) is 6.07 Å². The first-order valence-electron chi connectivity index (χ1n) is 6.09. The van der Waals surface area contributed by atoms with E-state index in [4.69, 9.17) is 17.3 Å². The molecule has 2 rings (SSSR count). The van der Waals surface area contributed by atoms with Crippen molar-refractivity contribution in [3.63, 3.8) is 0 Å². The molecule has 0 amide bonds. The van der Waals surface area contributed by atoms with Crippen LogP contribution >= 0.6 is 11.6 Å². The molecule has 0 bridgehead atoms. The smallest absolute Gasteiger partial charge is 0.262 e. The molecule has 0 heterocycles. The Hall–Kier alpha value is -1.92. The summed E-state index contributed by atoms with van der Waals surface area (Å²) in [6.07, 6.45) is 0.